The minimum Gasteiger partial charge on any atom is -0.465 e. The van der Waals surface area contributed by atoms with Crippen molar-refractivity contribution < 1.29 is 19.1 Å². The van der Waals surface area contributed by atoms with Gasteiger partial charge in [-0.3, -0.25) is 0 Å². The van der Waals surface area contributed by atoms with Crippen molar-refractivity contribution in [2.24, 2.45) is 0 Å². The van der Waals surface area contributed by atoms with Gasteiger partial charge in [0.05, 0.1) is 18.2 Å². The molecule has 19 heavy (non-hydrogen) atoms. The molecule has 0 bridgehead atoms. The number of hydrogen-bond donors (Lipinski definition) is 0. The van der Waals surface area contributed by atoms with Gasteiger partial charge in [0.1, 0.15) is 6.10 Å². The zero-order valence-corrected chi connectivity index (χ0v) is 11.1. The fraction of sp³-hybridized carbons (Fsp3) is 0.467. The van der Waals surface area contributed by atoms with Crippen molar-refractivity contribution in [3.8, 4) is 0 Å². The normalized spacial score (nSPS) is 15.8. The predicted molar refractivity (Wildman–Crippen MR) is 70.1 cm³/mol. The molecule has 102 valence electrons. The summed E-state index contributed by atoms with van der Waals surface area (Å²) in [5.41, 5.74) is 0.533. The van der Waals surface area contributed by atoms with Crippen LogP contribution in [-0.2, 0) is 9.47 Å². The van der Waals surface area contributed by atoms with Crippen molar-refractivity contribution in [2.45, 2.75) is 38.2 Å². The summed E-state index contributed by atoms with van der Waals surface area (Å²) in [6, 6.07) is 6.58. The van der Waals surface area contributed by atoms with Gasteiger partial charge < -0.3 is 9.47 Å². The second-order valence-electron chi connectivity index (χ2n) is 4.70. The first kappa shape index (κ1) is 13.6. The number of ether oxygens (including phenoxy) is 2. The highest BCUT2D eigenvalue weighted by Crippen LogP contribution is 2.22. The summed E-state index contributed by atoms with van der Waals surface area (Å²) in [6.07, 6.45) is 5.19. The van der Waals surface area contributed by atoms with Crippen molar-refractivity contribution in [3.05, 3.63) is 35.4 Å². The molecule has 0 aliphatic heterocycles. The lowest BCUT2D eigenvalue weighted by atomic mass is 9.97. The molecule has 2 rings (SSSR count). The number of hydrogen-bond acceptors (Lipinski definition) is 4. The Kier molecular flexibility index (Phi) is 4.55. The number of carbonyl (C=O) groups is 2. The Balaban J connectivity index is 2.12. The summed E-state index contributed by atoms with van der Waals surface area (Å²) >= 11 is 0. The van der Waals surface area contributed by atoms with Crippen molar-refractivity contribution in [2.75, 3.05) is 7.11 Å². The van der Waals surface area contributed by atoms with Crippen LogP contribution in [0.1, 0.15) is 52.8 Å². The van der Waals surface area contributed by atoms with E-state index in [1.807, 2.05) is 0 Å². The van der Waals surface area contributed by atoms with Gasteiger partial charge in [-0.05, 0) is 37.8 Å². The maximum atomic E-state index is 12.1. The van der Waals surface area contributed by atoms with E-state index in [4.69, 9.17) is 4.74 Å². The van der Waals surface area contributed by atoms with Crippen molar-refractivity contribution >= 4 is 11.9 Å². The summed E-state index contributed by atoms with van der Waals surface area (Å²) in [5, 5.41) is 0. The molecule has 1 saturated carbocycles. The quantitative estimate of drug-likeness (QED) is 0.786. The van der Waals surface area contributed by atoms with Crippen LogP contribution in [0.15, 0.2) is 24.3 Å². The molecule has 1 aliphatic rings. The van der Waals surface area contributed by atoms with E-state index in [0.29, 0.717) is 0 Å². The zero-order valence-electron chi connectivity index (χ0n) is 11.1. The van der Waals surface area contributed by atoms with Crippen LogP contribution in [0.25, 0.3) is 0 Å². The van der Waals surface area contributed by atoms with E-state index in [-0.39, 0.29) is 17.2 Å². The van der Waals surface area contributed by atoms with Crippen LogP contribution in [0.3, 0.4) is 0 Å². The van der Waals surface area contributed by atoms with E-state index >= 15 is 0 Å². The Bertz CT molecular complexity index is 461. The lowest BCUT2D eigenvalue weighted by molar-refractivity contribution is 0.0205. The smallest absolute Gasteiger partial charge is 0.339 e. The van der Waals surface area contributed by atoms with Crippen molar-refractivity contribution in [1.29, 1.82) is 0 Å². The van der Waals surface area contributed by atoms with Gasteiger partial charge >= 0.3 is 11.9 Å². The highest BCUT2D eigenvalue weighted by Gasteiger charge is 2.22. The lowest BCUT2D eigenvalue weighted by Gasteiger charge is -2.22. The number of carbonyl (C=O) groups excluding carboxylic acids is 2. The second kappa shape index (κ2) is 6.36. The maximum absolute atomic E-state index is 12.1. The summed E-state index contributed by atoms with van der Waals surface area (Å²) in [5.74, 6) is -0.955. The molecule has 4 heteroatoms. The van der Waals surface area contributed by atoms with Gasteiger partial charge in [0.25, 0.3) is 0 Å². The molecule has 0 saturated heterocycles. The highest BCUT2D eigenvalue weighted by molar-refractivity contribution is 6.03. The molecule has 1 aromatic carbocycles. The summed E-state index contributed by atoms with van der Waals surface area (Å²) in [7, 11) is 1.30. The summed E-state index contributed by atoms with van der Waals surface area (Å²) in [6.45, 7) is 0. The fourth-order valence-corrected chi connectivity index (χ4v) is 2.35. The topological polar surface area (TPSA) is 52.6 Å². The first-order valence-electron chi connectivity index (χ1n) is 6.60. The molecule has 0 spiro atoms. The number of esters is 2. The van der Waals surface area contributed by atoms with Crippen LogP contribution < -0.4 is 0 Å². The minimum absolute atomic E-state index is 0.0213. The first-order chi connectivity index (χ1) is 9.22. The monoisotopic (exact) mass is 262 g/mol. The Hall–Kier alpha value is -1.84. The van der Waals surface area contributed by atoms with Crippen LogP contribution in [0.2, 0.25) is 0 Å². The second-order valence-corrected chi connectivity index (χ2v) is 4.70. The third kappa shape index (κ3) is 3.34. The van der Waals surface area contributed by atoms with E-state index < -0.39 is 11.9 Å². The van der Waals surface area contributed by atoms with Gasteiger partial charge in [-0.15, -0.1) is 0 Å². The average Bonchev–Trinajstić information content (AvgIpc) is 2.47. The number of benzene rings is 1. The molecule has 0 atom stereocenters. The third-order valence-corrected chi connectivity index (χ3v) is 3.38. The predicted octanol–water partition coefficient (Wildman–Crippen LogP) is 2.96. The Morgan fingerprint density at radius 1 is 1.00 bits per heavy atom. The molecule has 0 radical (unpaired) electrons. The molecule has 0 aromatic heterocycles. The van der Waals surface area contributed by atoms with Crippen LogP contribution in [0.4, 0.5) is 0 Å². The average molecular weight is 262 g/mol. The Morgan fingerprint density at radius 2 is 1.58 bits per heavy atom. The molecule has 1 fully saturated rings. The van der Waals surface area contributed by atoms with Crippen LogP contribution in [0.5, 0.6) is 0 Å². The molecule has 1 aromatic rings. The highest BCUT2D eigenvalue weighted by atomic mass is 16.5. The number of methoxy groups -OCH3 is 1. The summed E-state index contributed by atoms with van der Waals surface area (Å²) in [4.78, 5) is 23.7. The third-order valence-electron chi connectivity index (χ3n) is 3.38. The van der Waals surface area contributed by atoms with Crippen molar-refractivity contribution in [1.82, 2.24) is 0 Å². The molecule has 0 amide bonds. The van der Waals surface area contributed by atoms with Gasteiger partial charge in [0.2, 0.25) is 0 Å². The van der Waals surface area contributed by atoms with Gasteiger partial charge in [0.15, 0.2) is 0 Å². The van der Waals surface area contributed by atoms with E-state index in [1.54, 1.807) is 24.3 Å². The first-order valence-corrected chi connectivity index (χ1v) is 6.60. The van der Waals surface area contributed by atoms with E-state index in [0.717, 1.165) is 25.7 Å². The molecule has 0 heterocycles. The van der Waals surface area contributed by atoms with Gasteiger partial charge in [0, 0.05) is 0 Å². The molecule has 0 N–H and O–H groups in total. The van der Waals surface area contributed by atoms with Gasteiger partial charge in [-0.1, -0.05) is 18.6 Å². The van der Waals surface area contributed by atoms with Gasteiger partial charge in [-0.25, -0.2) is 9.59 Å². The molecule has 4 nitrogen and oxygen atoms in total. The maximum Gasteiger partial charge on any atom is 0.339 e. The standard InChI is InChI=1S/C15H18O4/c1-18-14(16)12-9-5-6-10-13(12)15(17)19-11-7-3-2-4-8-11/h5-6,9-11H,2-4,7-8H2,1H3. The van der Waals surface area contributed by atoms with E-state index in [9.17, 15) is 9.59 Å². The number of rotatable bonds is 3. The van der Waals surface area contributed by atoms with Crippen molar-refractivity contribution in [3.63, 3.8) is 0 Å². The molecule has 1 aliphatic carbocycles. The molecule has 0 unspecified atom stereocenters. The van der Waals surface area contributed by atoms with E-state index in [2.05, 4.69) is 4.74 Å². The molecular weight excluding hydrogens is 244 g/mol. The van der Waals surface area contributed by atoms with Crippen LogP contribution in [-0.4, -0.2) is 25.2 Å². The SMILES string of the molecule is COC(=O)c1ccccc1C(=O)OC1CCCCC1. The Labute approximate surface area is 112 Å². The largest absolute Gasteiger partial charge is 0.465 e. The van der Waals surface area contributed by atoms with Gasteiger partial charge in [-0.2, -0.15) is 0 Å². The Morgan fingerprint density at radius 3 is 2.16 bits per heavy atom. The lowest BCUT2D eigenvalue weighted by Crippen LogP contribution is -2.22. The van der Waals surface area contributed by atoms with E-state index in [1.165, 1.54) is 13.5 Å². The molecular formula is C15H18O4. The van der Waals surface area contributed by atoms with Crippen LogP contribution >= 0.6 is 0 Å². The zero-order chi connectivity index (χ0) is 13.7. The minimum atomic E-state index is -0.517. The fourth-order valence-electron chi connectivity index (χ4n) is 2.35. The summed E-state index contributed by atoms with van der Waals surface area (Å²) < 4.78 is 10.1. The van der Waals surface area contributed by atoms with Crippen LogP contribution in [0, 0.1) is 0 Å².